The van der Waals surface area contributed by atoms with E-state index in [0.29, 0.717) is 0 Å². The molecule has 0 spiro atoms. The molecule has 0 amide bonds. The highest BCUT2D eigenvalue weighted by Gasteiger charge is 2.40. The van der Waals surface area contributed by atoms with Gasteiger partial charge in [-0.05, 0) is 12.1 Å². The van der Waals surface area contributed by atoms with Gasteiger partial charge in [-0.1, -0.05) is 5.21 Å². The van der Waals surface area contributed by atoms with Crippen molar-refractivity contribution in [3.8, 4) is 11.3 Å². The quantitative estimate of drug-likeness (QED) is 0.678. The molecule has 0 bridgehead atoms. The molecule has 0 radical (unpaired) electrons. The van der Waals surface area contributed by atoms with Crippen molar-refractivity contribution in [3.05, 3.63) is 35.8 Å². The van der Waals surface area contributed by atoms with Crippen LogP contribution in [0.15, 0.2) is 18.3 Å². The molecule has 2 aromatic rings. The number of aliphatic hydroxyl groups is 3. The number of rotatable bonds is 3. The third-order valence-electron chi connectivity index (χ3n) is 3.88. The van der Waals surface area contributed by atoms with Gasteiger partial charge in [-0.15, -0.1) is 5.10 Å². The van der Waals surface area contributed by atoms with Crippen LogP contribution >= 0.6 is 0 Å². The minimum atomic E-state index is -1.59. The predicted molar refractivity (Wildman–Crippen MR) is 73.2 cm³/mol. The zero-order valence-electron chi connectivity index (χ0n) is 12.2. The smallest absolute Gasteiger partial charge is 0.194 e. The fraction of sp³-hybridized carbons (Fsp3) is 0.429. The molecule has 4 atom stereocenters. The van der Waals surface area contributed by atoms with Crippen LogP contribution < -0.4 is 0 Å². The molecule has 10 heteroatoms. The lowest BCUT2D eigenvalue weighted by Crippen LogP contribution is -2.51. The molecule has 130 valence electrons. The van der Waals surface area contributed by atoms with E-state index in [9.17, 15) is 23.4 Å². The van der Waals surface area contributed by atoms with Crippen LogP contribution in [-0.4, -0.2) is 61.8 Å². The molecule has 0 aliphatic carbocycles. The molecule has 7 nitrogen and oxygen atoms in total. The van der Waals surface area contributed by atoms with Crippen molar-refractivity contribution in [1.82, 2.24) is 15.0 Å². The van der Waals surface area contributed by atoms with Crippen molar-refractivity contribution in [2.24, 2.45) is 0 Å². The van der Waals surface area contributed by atoms with Crippen molar-refractivity contribution in [1.29, 1.82) is 0 Å². The van der Waals surface area contributed by atoms with E-state index in [4.69, 9.17) is 9.84 Å². The monoisotopic (exact) mass is 345 g/mol. The highest BCUT2D eigenvalue weighted by molar-refractivity contribution is 5.57. The van der Waals surface area contributed by atoms with Gasteiger partial charge in [0.2, 0.25) is 0 Å². The highest BCUT2D eigenvalue weighted by Crippen LogP contribution is 2.28. The van der Waals surface area contributed by atoms with Crippen molar-refractivity contribution in [3.63, 3.8) is 0 Å². The summed E-state index contributed by atoms with van der Waals surface area (Å²) in [5, 5.41) is 36.8. The number of aliphatic hydroxyl groups excluding tert-OH is 3. The number of aromatic nitrogens is 3. The average Bonchev–Trinajstić information content (AvgIpc) is 3.02. The molecular formula is C14H14F3N3O4. The highest BCUT2D eigenvalue weighted by atomic mass is 19.2. The van der Waals surface area contributed by atoms with Crippen molar-refractivity contribution < 1.29 is 33.2 Å². The van der Waals surface area contributed by atoms with Crippen molar-refractivity contribution in [2.75, 3.05) is 13.2 Å². The summed E-state index contributed by atoms with van der Waals surface area (Å²) in [6, 6.07) is 0.563. The van der Waals surface area contributed by atoms with Gasteiger partial charge in [0, 0.05) is 5.56 Å². The molecule has 24 heavy (non-hydrogen) atoms. The maximum atomic E-state index is 13.3. The van der Waals surface area contributed by atoms with Crippen LogP contribution in [0, 0.1) is 17.5 Å². The number of hydrogen-bond donors (Lipinski definition) is 3. The fourth-order valence-electron chi connectivity index (χ4n) is 2.62. The van der Waals surface area contributed by atoms with Crippen molar-refractivity contribution in [2.45, 2.75) is 24.4 Å². The summed E-state index contributed by atoms with van der Waals surface area (Å²) in [4.78, 5) is 0. The third-order valence-corrected chi connectivity index (χ3v) is 3.88. The normalized spacial score (nSPS) is 27.4. The Kier molecular flexibility index (Phi) is 4.54. The minimum Gasteiger partial charge on any atom is -0.394 e. The second-order valence-corrected chi connectivity index (χ2v) is 5.44. The standard InChI is InChI=1S/C14H14F3N3O4/c15-7-1-6(2-8(16)12(7)17)9-3-20(19-18-9)13-10(22)5-24-11(4-21)14(13)23/h1-3,10-11,13-14,21-23H,4-5H2/t10-,11+,13+,14-/m0/s1. The summed E-state index contributed by atoms with van der Waals surface area (Å²) in [7, 11) is 0. The number of hydrogen-bond acceptors (Lipinski definition) is 6. The summed E-state index contributed by atoms with van der Waals surface area (Å²) in [5.41, 5.74) is -0.0216. The molecule has 0 saturated carbocycles. The van der Waals surface area contributed by atoms with Gasteiger partial charge in [-0.3, -0.25) is 0 Å². The Bertz CT molecular complexity index is 719. The van der Waals surface area contributed by atoms with Crippen LogP contribution in [0.2, 0.25) is 0 Å². The first-order chi connectivity index (χ1) is 11.4. The Balaban J connectivity index is 1.93. The topological polar surface area (TPSA) is 101 Å². The average molecular weight is 345 g/mol. The van der Waals surface area contributed by atoms with Gasteiger partial charge in [0.25, 0.3) is 0 Å². The Hall–Kier alpha value is -2.01. The van der Waals surface area contributed by atoms with Crippen molar-refractivity contribution >= 4 is 0 Å². The summed E-state index contributed by atoms with van der Waals surface area (Å²) in [5.74, 6) is -4.33. The largest absolute Gasteiger partial charge is 0.394 e. The van der Waals surface area contributed by atoms with Crippen LogP contribution in [0.25, 0.3) is 11.3 Å². The zero-order valence-corrected chi connectivity index (χ0v) is 12.2. The lowest BCUT2D eigenvalue weighted by molar-refractivity contribution is -0.166. The Morgan fingerprint density at radius 1 is 1.21 bits per heavy atom. The summed E-state index contributed by atoms with van der Waals surface area (Å²) in [6.07, 6.45) is -2.05. The van der Waals surface area contributed by atoms with E-state index in [0.717, 1.165) is 16.8 Å². The first kappa shape index (κ1) is 16.8. The van der Waals surface area contributed by atoms with E-state index < -0.39 is 48.4 Å². The lowest BCUT2D eigenvalue weighted by atomic mass is 9.97. The first-order valence-electron chi connectivity index (χ1n) is 7.07. The molecule has 3 N–H and O–H groups in total. The maximum Gasteiger partial charge on any atom is 0.194 e. The molecule has 3 rings (SSSR count). The van der Waals surface area contributed by atoms with Gasteiger partial charge in [-0.2, -0.15) is 0 Å². The summed E-state index contributed by atoms with van der Waals surface area (Å²) < 4.78 is 45.8. The van der Waals surface area contributed by atoms with E-state index in [-0.39, 0.29) is 17.9 Å². The van der Waals surface area contributed by atoms with Gasteiger partial charge < -0.3 is 20.1 Å². The molecule has 1 aliphatic rings. The number of nitrogens with zero attached hydrogens (tertiary/aromatic N) is 3. The van der Waals surface area contributed by atoms with E-state index in [1.807, 2.05) is 0 Å². The zero-order chi connectivity index (χ0) is 17.4. The van der Waals surface area contributed by atoms with E-state index in [1.54, 1.807) is 0 Å². The second-order valence-electron chi connectivity index (χ2n) is 5.44. The molecule has 2 heterocycles. The number of halogens is 3. The van der Waals surface area contributed by atoms with Gasteiger partial charge in [0.1, 0.15) is 30.0 Å². The van der Waals surface area contributed by atoms with Crippen LogP contribution in [0.1, 0.15) is 6.04 Å². The molecule has 1 saturated heterocycles. The summed E-state index contributed by atoms with van der Waals surface area (Å²) >= 11 is 0. The fourth-order valence-corrected chi connectivity index (χ4v) is 2.62. The minimum absolute atomic E-state index is 0.0271. The number of ether oxygens (including phenoxy) is 1. The van der Waals surface area contributed by atoms with Gasteiger partial charge in [0.05, 0.1) is 19.4 Å². The molecule has 0 unspecified atom stereocenters. The second kappa shape index (κ2) is 6.48. The lowest BCUT2D eigenvalue weighted by Gasteiger charge is -2.36. The molecule has 1 aliphatic heterocycles. The maximum absolute atomic E-state index is 13.3. The SMILES string of the molecule is OC[C@H]1OC[C@H](O)[C@@H](n2cc(-c3cc(F)c(F)c(F)c3)nn2)[C@H]1O. The van der Waals surface area contributed by atoms with Crippen LogP contribution in [-0.2, 0) is 4.74 Å². The Labute approximate surface area is 133 Å². The van der Waals surface area contributed by atoms with Crippen LogP contribution in [0.5, 0.6) is 0 Å². The molecule has 1 aromatic heterocycles. The molecular weight excluding hydrogens is 331 g/mol. The van der Waals surface area contributed by atoms with Crippen LogP contribution in [0.4, 0.5) is 13.2 Å². The van der Waals surface area contributed by atoms with Gasteiger partial charge >= 0.3 is 0 Å². The predicted octanol–water partition coefficient (Wildman–Crippen LogP) is 0.0164. The summed E-state index contributed by atoms with van der Waals surface area (Å²) in [6.45, 7) is -0.595. The third kappa shape index (κ3) is 2.88. The van der Waals surface area contributed by atoms with E-state index in [1.165, 1.54) is 6.20 Å². The van der Waals surface area contributed by atoms with Crippen LogP contribution in [0.3, 0.4) is 0 Å². The Morgan fingerprint density at radius 3 is 2.50 bits per heavy atom. The number of benzene rings is 1. The first-order valence-corrected chi connectivity index (χ1v) is 7.07. The molecule has 1 fully saturated rings. The van der Waals surface area contributed by atoms with E-state index >= 15 is 0 Å². The van der Waals surface area contributed by atoms with Gasteiger partial charge in [0.15, 0.2) is 17.5 Å². The van der Waals surface area contributed by atoms with E-state index in [2.05, 4.69) is 10.3 Å². The molecule has 1 aromatic carbocycles. The Morgan fingerprint density at radius 2 is 1.88 bits per heavy atom. The van der Waals surface area contributed by atoms with Gasteiger partial charge in [-0.25, -0.2) is 17.9 Å².